The molecule has 0 aliphatic carbocycles. The molecular weight excluding hydrogens is 1250 g/mol. The third-order valence-corrected chi connectivity index (χ3v) is 19.8. The van der Waals surface area contributed by atoms with Crippen molar-refractivity contribution < 1.29 is 80.2 Å². The van der Waals surface area contributed by atoms with E-state index in [1.165, 1.54) is 180 Å². The van der Waals surface area contributed by atoms with Gasteiger partial charge in [0.1, 0.15) is 19.3 Å². The van der Waals surface area contributed by atoms with E-state index in [1.54, 1.807) is 0 Å². The van der Waals surface area contributed by atoms with Crippen LogP contribution in [0.5, 0.6) is 0 Å². The molecule has 0 aromatic carbocycles. The molecule has 0 aliphatic rings. The van der Waals surface area contributed by atoms with Crippen molar-refractivity contribution in [1.29, 1.82) is 0 Å². The molecule has 0 heterocycles. The second kappa shape index (κ2) is 65.4. The number of rotatable bonds is 73. The predicted octanol–water partition coefficient (Wildman–Crippen LogP) is 22.0. The molecule has 0 saturated heterocycles. The molecule has 0 rings (SSSR count). The zero-order valence-electron chi connectivity index (χ0n) is 62.3. The molecule has 0 aromatic heterocycles. The Morgan fingerprint density at radius 3 is 0.747 bits per heavy atom. The van der Waals surface area contributed by atoms with Gasteiger partial charge in [-0.15, -0.1) is 0 Å². The molecule has 95 heavy (non-hydrogen) atoms. The lowest BCUT2D eigenvalue weighted by Gasteiger charge is -2.21. The number of carbonyl (C=O) groups excluding carboxylic acids is 4. The number of unbranched alkanes of at least 4 members (excludes halogenated alkanes) is 38. The van der Waals surface area contributed by atoms with Crippen LogP contribution < -0.4 is 0 Å². The lowest BCUT2D eigenvalue weighted by atomic mass is 10.00. The summed E-state index contributed by atoms with van der Waals surface area (Å²) < 4.78 is 68.5. The summed E-state index contributed by atoms with van der Waals surface area (Å²) in [5.74, 6) is 0.921. The SMILES string of the molecule is CCC(C)CCCCCCCCC(=O)OC[C@H](COP(=O)(O)OC[C@H](O)COP(=O)(O)OC[C@@H](COC(=O)CCCCCCCCCCC(C)C)OC(=O)CCCCCCCCCCCCCCCCCCC(C)C)OC(=O)CCCCCCCCCCCCCCC(C)C. The van der Waals surface area contributed by atoms with E-state index in [1.807, 2.05) is 0 Å². The summed E-state index contributed by atoms with van der Waals surface area (Å²) in [5, 5.41) is 10.6. The van der Waals surface area contributed by atoms with Crippen LogP contribution in [-0.2, 0) is 65.4 Å². The average Bonchev–Trinajstić information content (AvgIpc) is 1.46. The standard InChI is InChI=1S/C76H148O17P2/c1-9-69(8)55-47-39-34-35-41-49-57-74(79)87-63-72(93-76(81)59-51-43-33-25-21-17-16-19-23-29-37-45-53-67(4)5)65-91-95(84,85)89-61-70(77)60-88-94(82,83)90-64-71(62-86-73(78)56-48-40-31-27-26-30-38-46-54-68(6)7)92-75(80)58-50-42-32-24-20-15-13-11-10-12-14-18-22-28-36-44-52-66(2)3/h66-72,77H,9-65H2,1-8H3,(H,82,83)(H,84,85)/t69?,70-,71-,72-/m1/s1. The van der Waals surface area contributed by atoms with E-state index < -0.39 is 97.5 Å². The molecule has 0 spiro atoms. The molecule has 0 radical (unpaired) electrons. The summed E-state index contributed by atoms with van der Waals surface area (Å²) in [4.78, 5) is 72.8. The molecule has 17 nitrogen and oxygen atoms in total. The predicted molar refractivity (Wildman–Crippen MR) is 386 cm³/mol. The Balaban J connectivity index is 5.22. The number of hydrogen-bond donors (Lipinski definition) is 3. The topological polar surface area (TPSA) is 237 Å². The number of aliphatic hydroxyl groups excluding tert-OH is 1. The van der Waals surface area contributed by atoms with E-state index >= 15 is 0 Å². The number of phosphoric ester groups is 2. The fourth-order valence-electron chi connectivity index (χ4n) is 11.5. The van der Waals surface area contributed by atoms with E-state index in [-0.39, 0.29) is 25.7 Å². The first-order valence-electron chi connectivity index (χ1n) is 39.2. The fourth-order valence-corrected chi connectivity index (χ4v) is 13.1. The van der Waals surface area contributed by atoms with Gasteiger partial charge >= 0.3 is 39.5 Å². The molecule has 0 aliphatic heterocycles. The van der Waals surface area contributed by atoms with Crippen LogP contribution in [0.3, 0.4) is 0 Å². The van der Waals surface area contributed by atoms with Crippen molar-refractivity contribution in [2.24, 2.45) is 23.7 Å². The first kappa shape index (κ1) is 93.1. The quantitative estimate of drug-likeness (QED) is 0.0222. The maximum Gasteiger partial charge on any atom is 0.472 e. The summed E-state index contributed by atoms with van der Waals surface area (Å²) in [6.07, 6.45) is 50.0. The monoisotopic (exact) mass is 1400 g/mol. The molecule has 19 heteroatoms. The number of hydrogen-bond acceptors (Lipinski definition) is 15. The van der Waals surface area contributed by atoms with Crippen molar-refractivity contribution in [2.75, 3.05) is 39.6 Å². The number of aliphatic hydroxyl groups is 1. The Morgan fingerprint density at radius 2 is 0.505 bits per heavy atom. The van der Waals surface area contributed by atoms with Crippen LogP contribution in [0.15, 0.2) is 0 Å². The second-order valence-electron chi connectivity index (χ2n) is 29.1. The Morgan fingerprint density at radius 1 is 0.295 bits per heavy atom. The molecule has 6 atom stereocenters. The number of ether oxygens (including phenoxy) is 4. The molecule has 0 aromatic rings. The van der Waals surface area contributed by atoms with Crippen molar-refractivity contribution >= 4 is 39.5 Å². The van der Waals surface area contributed by atoms with Crippen LogP contribution in [-0.4, -0.2) is 96.7 Å². The van der Waals surface area contributed by atoms with Crippen LogP contribution in [0.1, 0.15) is 383 Å². The molecule has 0 bridgehead atoms. The van der Waals surface area contributed by atoms with Crippen molar-refractivity contribution in [1.82, 2.24) is 0 Å². The van der Waals surface area contributed by atoms with Gasteiger partial charge in [-0.25, -0.2) is 9.13 Å². The van der Waals surface area contributed by atoms with Crippen molar-refractivity contribution in [3.05, 3.63) is 0 Å². The minimum atomic E-state index is -4.96. The van der Waals surface area contributed by atoms with Gasteiger partial charge in [0.2, 0.25) is 0 Å². The van der Waals surface area contributed by atoms with Crippen molar-refractivity contribution in [3.63, 3.8) is 0 Å². The molecule has 0 saturated carbocycles. The Hall–Kier alpha value is -1.94. The average molecular weight is 1400 g/mol. The molecule has 0 fully saturated rings. The van der Waals surface area contributed by atoms with Gasteiger partial charge in [-0.1, -0.05) is 331 Å². The maximum absolute atomic E-state index is 13.1. The Labute approximate surface area is 581 Å². The van der Waals surface area contributed by atoms with Crippen LogP contribution in [0, 0.1) is 23.7 Å². The van der Waals surface area contributed by atoms with E-state index in [0.717, 1.165) is 120 Å². The van der Waals surface area contributed by atoms with Crippen molar-refractivity contribution in [3.8, 4) is 0 Å². The zero-order chi connectivity index (χ0) is 70.3. The summed E-state index contributed by atoms with van der Waals surface area (Å²) >= 11 is 0. The van der Waals surface area contributed by atoms with Gasteiger partial charge < -0.3 is 33.8 Å². The lowest BCUT2D eigenvalue weighted by molar-refractivity contribution is -0.161. The van der Waals surface area contributed by atoms with Crippen LogP contribution in [0.25, 0.3) is 0 Å². The van der Waals surface area contributed by atoms with E-state index in [9.17, 15) is 43.2 Å². The molecule has 0 amide bonds. The van der Waals surface area contributed by atoms with Gasteiger partial charge in [0.25, 0.3) is 0 Å². The summed E-state index contributed by atoms with van der Waals surface area (Å²) in [5.41, 5.74) is 0. The van der Waals surface area contributed by atoms with Gasteiger partial charge in [0, 0.05) is 25.7 Å². The van der Waals surface area contributed by atoms with Gasteiger partial charge in [-0.3, -0.25) is 37.3 Å². The van der Waals surface area contributed by atoms with Crippen molar-refractivity contribution in [2.45, 2.75) is 401 Å². The van der Waals surface area contributed by atoms with Gasteiger partial charge in [-0.05, 0) is 49.4 Å². The first-order chi connectivity index (χ1) is 45.6. The number of phosphoric acid groups is 2. The molecule has 3 N–H and O–H groups in total. The number of esters is 4. The highest BCUT2D eigenvalue weighted by Crippen LogP contribution is 2.45. The van der Waals surface area contributed by atoms with E-state index in [2.05, 4.69) is 55.4 Å². The highest BCUT2D eigenvalue weighted by molar-refractivity contribution is 7.47. The third kappa shape index (κ3) is 69.0. The second-order valence-corrected chi connectivity index (χ2v) is 32.0. The highest BCUT2D eigenvalue weighted by atomic mass is 31.2. The van der Waals surface area contributed by atoms with Gasteiger partial charge in [-0.2, -0.15) is 0 Å². The fraction of sp³-hybridized carbons (Fsp3) is 0.947. The molecular formula is C76H148O17P2. The molecule has 3 unspecified atom stereocenters. The largest absolute Gasteiger partial charge is 0.472 e. The summed E-state index contributed by atoms with van der Waals surface area (Å²) in [6, 6.07) is 0. The van der Waals surface area contributed by atoms with E-state index in [0.29, 0.717) is 25.7 Å². The Kier molecular flexibility index (Phi) is 64.0. The smallest absolute Gasteiger partial charge is 0.462 e. The first-order valence-corrected chi connectivity index (χ1v) is 42.2. The Bertz CT molecular complexity index is 1870. The third-order valence-electron chi connectivity index (χ3n) is 17.9. The van der Waals surface area contributed by atoms with Crippen LogP contribution in [0.2, 0.25) is 0 Å². The van der Waals surface area contributed by atoms with Crippen LogP contribution >= 0.6 is 15.6 Å². The highest BCUT2D eigenvalue weighted by Gasteiger charge is 2.30. The maximum atomic E-state index is 13.1. The summed E-state index contributed by atoms with van der Waals surface area (Å²) in [6.45, 7) is 14.2. The minimum absolute atomic E-state index is 0.105. The van der Waals surface area contributed by atoms with Gasteiger partial charge in [0.05, 0.1) is 26.4 Å². The molecule has 564 valence electrons. The summed E-state index contributed by atoms with van der Waals surface area (Å²) in [7, 11) is -9.91. The minimum Gasteiger partial charge on any atom is -0.462 e. The van der Waals surface area contributed by atoms with Gasteiger partial charge in [0.15, 0.2) is 12.2 Å². The normalized spacial score (nSPS) is 14.4. The lowest BCUT2D eigenvalue weighted by Crippen LogP contribution is -2.30. The number of carbonyl (C=O) groups is 4. The van der Waals surface area contributed by atoms with E-state index in [4.69, 9.17) is 37.0 Å². The van der Waals surface area contributed by atoms with Crippen LogP contribution in [0.4, 0.5) is 0 Å². The zero-order valence-corrected chi connectivity index (χ0v) is 64.1.